The van der Waals surface area contributed by atoms with Gasteiger partial charge in [0.05, 0.1) is 6.10 Å². The number of unbranched alkanes of at least 4 members (excludes halogenated alkanes) is 1. The molecule has 0 saturated heterocycles. The minimum absolute atomic E-state index is 0.0163. The molecule has 1 unspecified atom stereocenters. The first kappa shape index (κ1) is 20.8. The summed E-state index contributed by atoms with van der Waals surface area (Å²) >= 11 is 6.20. The summed E-state index contributed by atoms with van der Waals surface area (Å²) in [4.78, 5) is 27.8. The van der Waals surface area contributed by atoms with Gasteiger partial charge in [0.2, 0.25) is 0 Å². The second-order valence-electron chi connectivity index (χ2n) is 6.48. The molecule has 2 rings (SSSR count). The second kappa shape index (κ2) is 8.90. The summed E-state index contributed by atoms with van der Waals surface area (Å²) in [5, 5.41) is 22.9. The smallest absolute Gasteiger partial charge is 0.326 e. The van der Waals surface area contributed by atoms with E-state index in [-0.39, 0.29) is 29.1 Å². The van der Waals surface area contributed by atoms with E-state index in [0.29, 0.717) is 22.9 Å². The van der Waals surface area contributed by atoms with Crippen LogP contribution < -0.4 is 10.1 Å². The van der Waals surface area contributed by atoms with Crippen LogP contribution in [-0.4, -0.2) is 39.2 Å². The fourth-order valence-electron chi connectivity index (χ4n) is 2.64. The number of halogens is 1. The number of ether oxygens (including phenoxy) is 1. The molecule has 1 aromatic heterocycles. The molecule has 0 aliphatic carbocycles. The summed E-state index contributed by atoms with van der Waals surface area (Å²) in [5.74, 6) is -1.73. The van der Waals surface area contributed by atoms with Crippen LogP contribution in [0.15, 0.2) is 18.2 Å². The molecule has 27 heavy (non-hydrogen) atoms. The highest BCUT2D eigenvalue weighted by Crippen LogP contribution is 2.34. The minimum Gasteiger partial charge on any atom is -0.505 e. The van der Waals surface area contributed by atoms with Crippen LogP contribution in [-0.2, 0) is 4.79 Å². The number of carboxylic acids is 1. The van der Waals surface area contributed by atoms with Crippen molar-refractivity contribution in [2.45, 2.75) is 52.2 Å². The molecule has 1 heterocycles. The van der Waals surface area contributed by atoms with Crippen LogP contribution in [0.5, 0.6) is 11.5 Å². The molecule has 1 amide bonds. The largest absolute Gasteiger partial charge is 0.505 e. The number of carbonyl (C=O) groups is 2. The summed E-state index contributed by atoms with van der Waals surface area (Å²) in [6.07, 6.45) is 1.69. The van der Waals surface area contributed by atoms with Crippen LogP contribution in [0.4, 0.5) is 0 Å². The lowest BCUT2D eigenvalue weighted by Gasteiger charge is -2.16. The lowest BCUT2D eigenvalue weighted by molar-refractivity contribution is -0.139. The average Bonchev–Trinajstić information content (AvgIpc) is 2.60. The second-order valence-corrected chi connectivity index (χ2v) is 6.84. The van der Waals surface area contributed by atoms with Crippen molar-refractivity contribution in [1.82, 2.24) is 10.3 Å². The molecule has 2 aromatic rings. The van der Waals surface area contributed by atoms with Gasteiger partial charge in [-0.2, -0.15) is 0 Å². The average molecular weight is 395 g/mol. The van der Waals surface area contributed by atoms with Crippen LogP contribution in [0.3, 0.4) is 0 Å². The van der Waals surface area contributed by atoms with Crippen molar-refractivity contribution in [2.75, 3.05) is 0 Å². The van der Waals surface area contributed by atoms with E-state index in [1.165, 1.54) is 0 Å². The molecule has 3 N–H and O–H groups in total. The molecule has 146 valence electrons. The Kier molecular flexibility index (Phi) is 6.85. The molecule has 0 radical (unpaired) electrons. The van der Waals surface area contributed by atoms with Crippen molar-refractivity contribution < 1.29 is 24.5 Å². The molecule has 8 heteroatoms. The number of amides is 1. The van der Waals surface area contributed by atoms with Gasteiger partial charge >= 0.3 is 5.97 Å². The highest BCUT2D eigenvalue weighted by molar-refractivity contribution is 6.35. The zero-order valence-electron chi connectivity index (χ0n) is 15.5. The number of aromatic nitrogens is 1. The van der Waals surface area contributed by atoms with Gasteiger partial charge in [-0.15, -0.1) is 0 Å². The van der Waals surface area contributed by atoms with Gasteiger partial charge in [-0.05, 0) is 38.5 Å². The third-order valence-electron chi connectivity index (χ3n) is 3.94. The number of carbonyl (C=O) groups excluding carboxylic acids is 1. The van der Waals surface area contributed by atoms with Crippen LogP contribution in [0, 0.1) is 0 Å². The van der Waals surface area contributed by atoms with Crippen LogP contribution in [0.1, 0.15) is 50.5 Å². The maximum atomic E-state index is 12.5. The van der Waals surface area contributed by atoms with E-state index >= 15 is 0 Å². The molecule has 0 fully saturated rings. The van der Waals surface area contributed by atoms with Crippen molar-refractivity contribution in [3.63, 3.8) is 0 Å². The molecule has 1 atom stereocenters. The molecular weight excluding hydrogens is 372 g/mol. The summed E-state index contributed by atoms with van der Waals surface area (Å²) in [6.45, 7) is 5.69. The molecular formula is C19H23ClN2O5. The van der Waals surface area contributed by atoms with E-state index in [2.05, 4.69) is 10.3 Å². The number of nitrogens with zero attached hydrogens (tertiary/aromatic N) is 1. The number of rotatable bonds is 8. The third-order valence-corrected chi connectivity index (χ3v) is 4.23. The highest BCUT2D eigenvalue weighted by atomic mass is 35.5. The van der Waals surface area contributed by atoms with Crippen LogP contribution >= 0.6 is 11.6 Å². The van der Waals surface area contributed by atoms with Crippen molar-refractivity contribution in [2.24, 2.45) is 0 Å². The lowest BCUT2D eigenvalue weighted by Crippen LogP contribution is -2.41. The predicted molar refractivity (Wildman–Crippen MR) is 103 cm³/mol. The third kappa shape index (κ3) is 5.01. The Balaban J connectivity index is 2.37. The molecule has 0 aliphatic rings. The number of pyridine rings is 1. The summed E-state index contributed by atoms with van der Waals surface area (Å²) in [6, 6.07) is 3.81. The van der Waals surface area contributed by atoms with Gasteiger partial charge in [0.25, 0.3) is 5.91 Å². The first-order valence-corrected chi connectivity index (χ1v) is 9.14. The van der Waals surface area contributed by atoms with E-state index in [1.54, 1.807) is 18.2 Å². The van der Waals surface area contributed by atoms with Gasteiger partial charge in [-0.25, -0.2) is 9.78 Å². The zero-order chi connectivity index (χ0) is 20.1. The summed E-state index contributed by atoms with van der Waals surface area (Å²) in [5.41, 5.74) is -0.312. The molecule has 0 bridgehead atoms. The van der Waals surface area contributed by atoms with Gasteiger partial charge < -0.3 is 20.3 Å². The van der Waals surface area contributed by atoms with Crippen LogP contribution in [0.25, 0.3) is 10.8 Å². The standard InChI is InChI=1S/C19H23ClN2O5/c1-4-5-6-14(19(25)26)21-18(24)15-16(23)12-8-7-11(27-10(2)3)9-13(12)17(20)22-15/h7-10,14,23H,4-6H2,1-3H3,(H,21,24)(H,25,26). The Labute approximate surface area is 162 Å². The molecule has 0 spiro atoms. The number of fused-ring (bicyclic) bond motifs is 1. The number of benzene rings is 1. The Morgan fingerprint density at radius 2 is 2.00 bits per heavy atom. The first-order valence-electron chi connectivity index (χ1n) is 8.77. The normalized spacial score (nSPS) is 12.2. The van der Waals surface area contributed by atoms with Gasteiger partial charge in [0.15, 0.2) is 11.4 Å². The van der Waals surface area contributed by atoms with Crippen LogP contribution in [0.2, 0.25) is 5.15 Å². The number of hydrogen-bond donors (Lipinski definition) is 3. The fourth-order valence-corrected chi connectivity index (χ4v) is 2.88. The number of nitrogens with one attached hydrogen (secondary N) is 1. The number of aliphatic carboxylic acids is 1. The van der Waals surface area contributed by atoms with Gasteiger partial charge in [-0.1, -0.05) is 31.4 Å². The Morgan fingerprint density at radius 3 is 2.59 bits per heavy atom. The Bertz CT molecular complexity index is 854. The maximum absolute atomic E-state index is 12.5. The van der Waals surface area contributed by atoms with E-state index in [4.69, 9.17) is 16.3 Å². The molecule has 1 aromatic carbocycles. The Hall–Kier alpha value is -2.54. The number of hydrogen-bond acceptors (Lipinski definition) is 5. The van der Waals surface area contributed by atoms with Crippen molar-refractivity contribution in [1.29, 1.82) is 0 Å². The van der Waals surface area contributed by atoms with E-state index in [0.717, 1.165) is 6.42 Å². The number of aromatic hydroxyl groups is 1. The van der Waals surface area contributed by atoms with E-state index in [9.17, 15) is 19.8 Å². The minimum atomic E-state index is -1.14. The topological polar surface area (TPSA) is 109 Å². The quantitative estimate of drug-likeness (QED) is 0.588. The van der Waals surface area contributed by atoms with Crippen molar-refractivity contribution >= 4 is 34.2 Å². The predicted octanol–water partition coefficient (Wildman–Crippen LogP) is 3.75. The fraction of sp³-hybridized carbons (Fsp3) is 0.421. The zero-order valence-corrected chi connectivity index (χ0v) is 16.2. The van der Waals surface area contributed by atoms with E-state index in [1.807, 2.05) is 20.8 Å². The lowest BCUT2D eigenvalue weighted by atomic mass is 10.1. The van der Waals surface area contributed by atoms with Crippen molar-refractivity contribution in [3.05, 3.63) is 29.0 Å². The van der Waals surface area contributed by atoms with Gasteiger partial charge in [-0.3, -0.25) is 4.79 Å². The van der Waals surface area contributed by atoms with Crippen molar-refractivity contribution in [3.8, 4) is 11.5 Å². The molecule has 7 nitrogen and oxygen atoms in total. The monoisotopic (exact) mass is 394 g/mol. The highest BCUT2D eigenvalue weighted by Gasteiger charge is 2.24. The Morgan fingerprint density at radius 1 is 1.30 bits per heavy atom. The summed E-state index contributed by atoms with van der Waals surface area (Å²) < 4.78 is 5.60. The van der Waals surface area contributed by atoms with E-state index < -0.39 is 17.9 Å². The SMILES string of the molecule is CCCCC(NC(=O)c1nc(Cl)c2cc(OC(C)C)ccc2c1O)C(=O)O. The maximum Gasteiger partial charge on any atom is 0.326 e. The molecule has 0 aliphatic heterocycles. The van der Waals surface area contributed by atoms with Gasteiger partial charge in [0, 0.05) is 10.8 Å². The number of carboxylic acid groups (broad SMARTS) is 1. The molecule has 0 saturated carbocycles. The first-order chi connectivity index (χ1) is 12.7. The summed E-state index contributed by atoms with van der Waals surface area (Å²) in [7, 11) is 0. The van der Waals surface area contributed by atoms with Gasteiger partial charge in [0.1, 0.15) is 16.9 Å².